The van der Waals surface area contributed by atoms with Crippen molar-refractivity contribution in [1.29, 1.82) is 0 Å². The van der Waals surface area contributed by atoms with Gasteiger partial charge in [-0.15, -0.1) is 0 Å². The number of piperidine rings is 1. The van der Waals surface area contributed by atoms with E-state index in [4.69, 9.17) is 14.2 Å². The number of carbonyl (C=O) groups is 2. The zero-order valence-electron chi connectivity index (χ0n) is 18.7. The molecular formula is C24H29NO6. The third kappa shape index (κ3) is 3.14. The van der Waals surface area contributed by atoms with Crippen LogP contribution >= 0.6 is 0 Å². The Morgan fingerprint density at radius 1 is 1.29 bits per heavy atom. The van der Waals surface area contributed by atoms with Crippen molar-refractivity contribution in [2.24, 2.45) is 5.92 Å². The number of esters is 1. The van der Waals surface area contributed by atoms with Crippen LogP contribution in [0, 0.1) is 5.92 Å². The van der Waals surface area contributed by atoms with Crippen LogP contribution in [-0.2, 0) is 30.9 Å². The van der Waals surface area contributed by atoms with E-state index in [9.17, 15) is 14.7 Å². The Morgan fingerprint density at radius 3 is 2.68 bits per heavy atom. The van der Waals surface area contributed by atoms with E-state index < -0.39 is 11.4 Å². The number of aromatic hydroxyl groups is 1. The molecule has 0 aromatic heterocycles. The number of hydrogen-bond acceptors (Lipinski definition) is 7. The highest BCUT2D eigenvalue weighted by molar-refractivity contribution is 5.96. The normalized spacial score (nSPS) is 27.7. The lowest BCUT2D eigenvalue weighted by molar-refractivity contribution is -0.135. The number of methoxy groups -OCH3 is 3. The molecule has 4 rings (SSSR count). The van der Waals surface area contributed by atoms with Crippen molar-refractivity contribution in [2.75, 3.05) is 34.9 Å². The maximum absolute atomic E-state index is 12.9. The summed E-state index contributed by atoms with van der Waals surface area (Å²) in [5.41, 5.74) is 2.45. The lowest BCUT2D eigenvalue weighted by Gasteiger charge is -2.56. The molecule has 1 fully saturated rings. The second kappa shape index (κ2) is 7.71. The number of benzene rings is 1. The number of phenolic OH excluding ortho intramolecular Hbond substituents is 1. The molecular weight excluding hydrogens is 398 g/mol. The van der Waals surface area contributed by atoms with E-state index in [-0.39, 0.29) is 29.9 Å². The Kier molecular flexibility index (Phi) is 5.33. The summed E-state index contributed by atoms with van der Waals surface area (Å²) in [6.45, 7) is 2.53. The first kappa shape index (κ1) is 21.4. The molecule has 0 amide bonds. The molecule has 1 aliphatic heterocycles. The van der Waals surface area contributed by atoms with Crippen LogP contribution in [0.15, 0.2) is 23.5 Å². The first-order valence-corrected chi connectivity index (χ1v) is 10.5. The predicted molar refractivity (Wildman–Crippen MR) is 115 cm³/mol. The fourth-order valence-electron chi connectivity index (χ4n) is 5.71. The summed E-state index contributed by atoms with van der Waals surface area (Å²) in [7, 11) is 6.47. The topological polar surface area (TPSA) is 85.3 Å². The fraction of sp³-hybridized carbons (Fsp3) is 0.500. The number of nitrogens with zero attached hydrogens (tertiary/aromatic N) is 1. The molecule has 2 bridgehead atoms. The molecule has 1 aromatic carbocycles. The lowest BCUT2D eigenvalue weighted by atomic mass is 9.53. The zero-order valence-corrected chi connectivity index (χ0v) is 18.7. The fourth-order valence-corrected chi connectivity index (χ4v) is 5.71. The van der Waals surface area contributed by atoms with Crippen LogP contribution in [0.2, 0.25) is 0 Å². The number of ether oxygens (including phenoxy) is 3. The molecule has 1 saturated heterocycles. The molecule has 7 nitrogen and oxygen atoms in total. The molecule has 0 unspecified atom stereocenters. The van der Waals surface area contributed by atoms with Crippen LogP contribution < -0.4 is 4.74 Å². The molecule has 1 N–H and O–H groups in total. The molecule has 166 valence electrons. The maximum atomic E-state index is 12.9. The van der Waals surface area contributed by atoms with Crippen LogP contribution in [0.4, 0.5) is 0 Å². The summed E-state index contributed by atoms with van der Waals surface area (Å²) in [5.74, 6) is 0.379. The van der Waals surface area contributed by atoms with E-state index in [0.717, 1.165) is 29.7 Å². The molecule has 0 radical (unpaired) electrons. The van der Waals surface area contributed by atoms with Crippen LogP contribution in [0.3, 0.4) is 0 Å². The summed E-state index contributed by atoms with van der Waals surface area (Å²) in [4.78, 5) is 27.3. The SMILES string of the molecule is COC(=O)/C(C)=C/c1cc(OC)c(O)c2c1C[C@@H]1[C@@H]3C=C(OC)C(=O)C[C@]23CCN1C. The quantitative estimate of drug-likeness (QED) is 0.584. The Labute approximate surface area is 182 Å². The van der Waals surface area contributed by atoms with Crippen LogP contribution in [-0.4, -0.2) is 62.7 Å². The van der Waals surface area contributed by atoms with E-state index in [1.807, 2.05) is 6.08 Å². The van der Waals surface area contributed by atoms with Gasteiger partial charge in [0.2, 0.25) is 0 Å². The summed E-state index contributed by atoms with van der Waals surface area (Å²) < 4.78 is 15.7. The van der Waals surface area contributed by atoms with Gasteiger partial charge in [0.1, 0.15) is 0 Å². The van der Waals surface area contributed by atoms with E-state index >= 15 is 0 Å². The van der Waals surface area contributed by atoms with Crippen molar-refractivity contribution in [3.63, 3.8) is 0 Å². The molecule has 3 aliphatic rings. The summed E-state index contributed by atoms with van der Waals surface area (Å²) >= 11 is 0. The molecule has 7 heteroatoms. The smallest absolute Gasteiger partial charge is 0.333 e. The van der Waals surface area contributed by atoms with E-state index in [1.165, 1.54) is 21.3 Å². The molecule has 31 heavy (non-hydrogen) atoms. The van der Waals surface area contributed by atoms with Gasteiger partial charge in [-0.2, -0.15) is 0 Å². The second-order valence-electron chi connectivity index (χ2n) is 8.71. The standard InChI is InChI=1S/C24H29NO6/c1-13(23(28)31-5)8-14-9-20(30-4)22(27)21-15(14)10-17-16-11-19(29-3)18(26)12-24(16,21)6-7-25(17)2/h8-9,11,16-17,27H,6-7,10,12H2,1-5H3/b13-8+/t16-,17+,24-/m0/s1. The highest BCUT2D eigenvalue weighted by Crippen LogP contribution is 2.58. The number of fused-ring (bicyclic) bond motifs is 1. The Bertz CT molecular complexity index is 1010. The Balaban J connectivity index is 2.00. The maximum Gasteiger partial charge on any atom is 0.333 e. The van der Waals surface area contributed by atoms with Crippen molar-refractivity contribution < 1.29 is 28.9 Å². The number of likely N-dealkylation sites (N-methyl/N-ethyl adjacent to an activating group) is 1. The van der Waals surface area contributed by atoms with Gasteiger partial charge >= 0.3 is 5.97 Å². The third-order valence-corrected chi connectivity index (χ3v) is 7.25. The van der Waals surface area contributed by atoms with Crippen molar-refractivity contribution in [3.8, 4) is 11.5 Å². The van der Waals surface area contributed by atoms with Gasteiger partial charge in [-0.25, -0.2) is 4.79 Å². The zero-order chi connectivity index (χ0) is 22.5. The van der Waals surface area contributed by atoms with Gasteiger partial charge in [-0.1, -0.05) is 0 Å². The average Bonchev–Trinajstić information content (AvgIpc) is 2.76. The second-order valence-corrected chi connectivity index (χ2v) is 8.71. The molecule has 0 spiro atoms. The van der Waals surface area contributed by atoms with Crippen molar-refractivity contribution in [2.45, 2.75) is 37.6 Å². The minimum absolute atomic E-state index is 0.0305. The third-order valence-electron chi connectivity index (χ3n) is 7.25. The first-order valence-electron chi connectivity index (χ1n) is 10.5. The van der Waals surface area contributed by atoms with Gasteiger partial charge < -0.3 is 24.2 Å². The van der Waals surface area contributed by atoms with Crippen molar-refractivity contribution in [3.05, 3.63) is 40.2 Å². The Morgan fingerprint density at radius 2 is 2.03 bits per heavy atom. The molecule has 1 heterocycles. The lowest BCUT2D eigenvalue weighted by Crippen LogP contribution is -2.60. The van der Waals surface area contributed by atoms with E-state index in [1.54, 1.807) is 19.1 Å². The molecule has 0 saturated carbocycles. The van der Waals surface area contributed by atoms with E-state index in [2.05, 4.69) is 11.9 Å². The van der Waals surface area contributed by atoms with Gasteiger partial charge in [0.25, 0.3) is 0 Å². The van der Waals surface area contributed by atoms with Crippen molar-refractivity contribution >= 4 is 17.8 Å². The number of hydrogen-bond donors (Lipinski definition) is 1. The van der Waals surface area contributed by atoms with Crippen LogP contribution in [0.5, 0.6) is 11.5 Å². The number of likely N-dealkylation sites (tertiary alicyclic amines) is 1. The number of Topliss-reactive ketones (excluding diaryl/α,β-unsaturated/α-hetero) is 1. The minimum Gasteiger partial charge on any atom is -0.504 e. The number of carbonyl (C=O) groups excluding carboxylic acids is 2. The largest absolute Gasteiger partial charge is 0.504 e. The highest BCUT2D eigenvalue weighted by Gasteiger charge is 2.57. The minimum atomic E-state index is -0.537. The Hall–Kier alpha value is -2.80. The average molecular weight is 427 g/mol. The summed E-state index contributed by atoms with van der Waals surface area (Å²) in [6, 6.07) is 1.91. The first-order chi connectivity index (χ1) is 14.8. The van der Waals surface area contributed by atoms with Gasteiger partial charge in [0.05, 0.1) is 21.3 Å². The van der Waals surface area contributed by atoms with Gasteiger partial charge in [-0.3, -0.25) is 4.79 Å². The van der Waals surface area contributed by atoms with Gasteiger partial charge in [-0.05, 0) is 62.7 Å². The predicted octanol–water partition coefficient (Wildman–Crippen LogP) is 2.59. The number of allylic oxidation sites excluding steroid dienone is 1. The summed E-state index contributed by atoms with van der Waals surface area (Å²) in [6.07, 6.45) is 5.41. The number of ketones is 1. The summed E-state index contributed by atoms with van der Waals surface area (Å²) in [5, 5.41) is 11.3. The van der Waals surface area contributed by atoms with Crippen LogP contribution in [0.25, 0.3) is 6.08 Å². The molecule has 1 aromatic rings. The highest BCUT2D eigenvalue weighted by atomic mass is 16.5. The molecule has 3 atom stereocenters. The van der Waals surface area contributed by atoms with Gasteiger partial charge in [0, 0.05) is 34.9 Å². The number of phenols is 1. The van der Waals surface area contributed by atoms with Gasteiger partial charge in [0.15, 0.2) is 23.0 Å². The molecule has 2 aliphatic carbocycles. The monoisotopic (exact) mass is 427 g/mol. The van der Waals surface area contributed by atoms with E-state index in [0.29, 0.717) is 23.5 Å². The number of rotatable bonds is 4. The van der Waals surface area contributed by atoms with Crippen LogP contribution in [0.1, 0.15) is 36.5 Å². The van der Waals surface area contributed by atoms with Crippen molar-refractivity contribution in [1.82, 2.24) is 4.90 Å².